The van der Waals surface area contributed by atoms with Gasteiger partial charge in [0.15, 0.2) is 5.82 Å². The van der Waals surface area contributed by atoms with E-state index < -0.39 is 0 Å². The highest BCUT2D eigenvalue weighted by atomic mass is 16.5. The first-order chi connectivity index (χ1) is 13.4. The van der Waals surface area contributed by atoms with Crippen LogP contribution in [0.4, 0.5) is 5.82 Å². The first-order valence-corrected chi connectivity index (χ1v) is 9.23. The zero-order valence-corrected chi connectivity index (χ0v) is 15.5. The predicted molar refractivity (Wildman–Crippen MR) is 105 cm³/mol. The molecule has 1 aliphatic heterocycles. The van der Waals surface area contributed by atoms with E-state index in [0.717, 1.165) is 49.9 Å². The fourth-order valence-corrected chi connectivity index (χ4v) is 2.73. The van der Waals surface area contributed by atoms with E-state index in [1.165, 1.54) is 0 Å². The highest BCUT2D eigenvalue weighted by Gasteiger charge is 2.17. The van der Waals surface area contributed by atoms with Crippen LogP contribution in [0, 0.1) is 0 Å². The topological polar surface area (TPSA) is 68.7 Å². The van der Waals surface area contributed by atoms with Crippen LogP contribution in [0.15, 0.2) is 49.3 Å². The number of benzene rings is 1. The van der Waals surface area contributed by atoms with Crippen molar-refractivity contribution in [1.82, 2.24) is 15.3 Å². The Morgan fingerprint density at radius 3 is 2.48 bits per heavy atom. The molecule has 2 heterocycles. The molecule has 2 aromatic rings. The van der Waals surface area contributed by atoms with Crippen LogP contribution in [0.25, 0.3) is 0 Å². The molecule has 0 radical (unpaired) electrons. The van der Waals surface area contributed by atoms with Gasteiger partial charge in [0.1, 0.15) is 24.7 Å². The second-order valence-electron chi connectivity index (χ2n) is 6.02. The van der Waals surface area contributed by atoms with Crippen molar-refractivity contribution < 1.29 is 14.2 Å². The Hall–Kier alpha value is -2.80. The number of anilines is 1. The molecule has 1 N–H and O–H groups in total. The first-order valence-electron chi connectivity index (χ1n) is 9.23. The lowest BCUT2D eigenvalue weighted by atomic mass is 10.3. The molecule has 1 fully saturated rings. The highest BCUT2D eigenvalue weighted by Crippen LogP contribution is 2.23. The summed E-state index contributed by atoms with van der Waals surface area (Å²) >= 11 is 0. The largest absolute Gasteiger partial charge is 0.493 e. The molecule has 7 heteroatoms. The van der Waals surface area contributed by atoms with Gasteiger partial charge in [-0.15, -0.1) is 6.58 Å². The van der Waals surface area contributed by atoms with Crippen molar-refractivity contribution in [2.75, 3.05) is 50.9 Å². The third-order valence-corrected chi connectivity index (χ3v) is 4.05. The van der Waals surface area contributed by atoms with Crippen molar-refractivity contribution >= 4 is 5.82 Å². The molecule has 0 saturated carbocycles. The molecule has 0 atom stereocenters. The van der Waals surface area contributed by atoms with Crippen molar-refractivity contribution in [2.24, 2.45) is 0 Å². The molecule has 0 spiro atoms. The van der Waals surface area contributed by atoms with Gasteiger partial charge >= 0.3 is 0 Å². The zero-order valence-electron chi connectivity index (χ0n) is 15.5. The average molecular weight is 370 g/mol. The number of piperazine rings is 1. The number of rotatable bonds is 10. The second-order valence-corrected chi connectivity index (χ2v) is 6.02. The van der Waals surface area contributed by atoms with Crippen molar-refractivity contribution in [3.63, 3.8) is 0 Å². The molecule has 0 amide bonds. The van der Waals surface area contributed by atoms with Gasteiger partial charge in [0.25, 0.3) is 5.88 Å². The molecular formula is C20H26N4O3. The molecule has 1 aliphatic rings. The zero-order chi connectivity index (χ0) is 18.7. The minimum atomic E-state index is 0.388. The van der Waals surface area contributed by atoms with Crippen LogP contribution in [0.1, 0.15) is 6.42 Å². The van der Waals surface area contributed by atoms with Gasteiger partial charge in [0, 0.05) is 44.6 Å². The van der Waals surface area contributed by atoms with E-state index in [1.807, 2.05) is 30.3 Å². The summed E-state index contributed by atoms with van der Waals surface area (Å²) in [4.78, 5) is 10.9. The van der Waals surface area contributed by atoms with Gasteiger partial charge in [0.05, 0.1) is 6.61 Å². The molecule has 144 valence electrons. The molecule has 7 nitrogen and oxygen atoms in total. The summed E-state index contributed by atoms with van der Waals surface area (Å²) in [6, 6.07) is 7.59. The Bertz CT molecular complexity index is 720. The summed E-state index contributed by atoms with van der Waals surface area (Å²) < 4.78 is 17.2. The lowest BCUT2D eigenvalue weighted by Gasteiger charge is -2.28. The summed E-state index contributed by atoms with van der Waals surface area (Å²) in [6.07, 6.45) is 5.98. The lowest BCUT2D eigenvalue weighted by Crippen LogP contribution is -2.44. The smallest absolute Gasteiger partial charge is 0.257 e. The maximum absolute atomic E-state index is 5.82. The van der Waals surface area contributed by atoms with Crippen molar-refractivity contribution in [1.29, 1.82) is 0 Å². The Labute approximate surface area is 160 Å². The molecular weight excluding hydrogens is 344 g/mol. The van der Waals surface area contributed by atoms with E-state index in [4.69, 9.17) is 14.2 Å². The Balaban J connectivity index is 1.48. The first kappa shape index (κ1) is 19.0. The van der Waals surface area contributed by atoms with Crippen LogP contribution in [0.3, 0.4) is 0 Å². The number of aromatic nitrogens is 2. The van der Waals surface area contributed by atoms with E-state index in [1.54, 1.807) is 12.4 Å². The third kappa shape index (κ3) is 5.86. The summed E-state index contributed by atoms with van der Waals surface area (Å²) in [7, 11) is 0. The van der Waals surface area contributed by atoms with Gasteiger partial charge in [-0.2, -0.15) is 0 Å². The number of nitrogens with one attached hydrogen (secondary N) is 1. The molecule has 0 bridgehead atoms. The van der Waals surface area contributed by atoms with Gasteiger partial charge in [-0.3, -0.25) is 0 Å². The summed E-state index contributed by atoms with van der Waals surface area (Å²) in [5, 5.41) is 3.33. The van der Waals surface area contributed by atoms with Crippen LogP contribution in [0.2, 0.25) is 0 Å². The number of ether oxygens (including phenoxy) is 3. The van der Waals surface area contributed by atoms with Gasteiger partial charge in [0.2, 0.25) is 0 Å². The van der Waals surface area contributed by atoms with Crippen molar-refractivity contribution in [3.8, 4) is 17.4 Å². The number of nitrogens with zero attached hydrogens (tertiary/aromatic N) is 3. The van der Waals surface area contributed by atoms with E-state index in [2.05, 4.69) is 26.8 Å². The number of hydrogen-bond acceptors (Lipinski definition) is 7. The van der Waals surface area contributed by atoms with Gasteiger partial charge in [-0.1, -0.05) is 12.1 Å². The molecule has 3 rings (SSSR count). The van der Waals surface area contributed by atoms with E-state index in [-0.39, 0.29) is 0 Å². The van der Waals surface area contributed by atoms with E-state index >= 15 is 0 Å². The molecule has 0 unspecified atom stereocenters. The fraction of sp³-hybridized carbons (Fsp3) is 0.400. The lowest BCUT2D eigenvalue weighted by molar-refractivity contribution is 0.211. The van der Waals surface area contributed by atoms with Gasteiger partial charge < -0.3 is 24.4 Å². The summed E-state index contributed by atoms with van der Waals surface area (Å²) in [5.41, 5.74) is 0. The summed E-state index contributed by atoms with van der Waals surface area (Å²) in [6.45, 7) is 8.75. The molecule has 1 saturated heterocycles. The van der Waals surface area contributed by atoms with Crippen LogP contribution >= 0.6 is 0 Å². The minimum absolute atomic E-state index is 0.388. The number of hydrogen-bond donors (Lipinski definition) is 1. The summed E-state index contributed by atoms with van der Waals surface area (Å²) in [5.74, 6) is 2.86. The van der Waals surface area contributed by atoms with Crippen molar-refractivity contribution in [3.05, 3.63) is 49.3 Å². The van der Waals surface area contributed by atoms with Crippen molar-refractivity contribution in [2.45, 2.75) is 6.42 Å². The quantitative estimate of drug-likeness (QED) is 0.508. The Kier molecular flexibility index (Phi) is 7.29. The normalized spacial score (nSPS) is 13.9. The molecule has 1 aromatic carbocycles. The second kappa shape index (κ2) is 10.4. The predicted octanol–water partition coefficient (Wildman–Crippen LogP) is 2.30. The SMILES string of the molecule is C=CCCOc1cccc(OCCOc2nccnc2N2CCNCC2)c1. The third-order valence-electron chi connectivity index (χ3n) is 4.05. The molecule has 0 aliphatic carbocycles. The van der Waals surface area contributed by atoms with Crippen LogP contribution < -0.4 is 24.4 Å². The molecule has 1 aromatic heterocycles. The van der Waals surface area contributed by atoms with E-state index in [9.17, 15) is 0 Å². The average Bonchev–Trinajstić information content (AvgIpc) is 2.73. The Morgan fingerprint density at radius 1 is 1.00 bits per heavy atom. The monoisotopic (exact) mass is 370 g/mol. The maximum atomic E-state index is 5.82. The molecule has 27 heavy (non-hydrogen) atoms. The maximum Gasteiger partial charge on any atom is 0.257 e. The van der Waals surface area contributed by atoms with E-state index in [0.29, 0.717) is 25.7 Å². The minimum Gasteiger partial charge on any atom is -0.493 e. The van der Waals surface area contributed by atoms with Gasteiger partial charge in [-0.25, -0.2) is 9.97 Å². The standard InChI is InChI=1S/C20H26N4O3/c1-2-3-13-25-17-5-4-6-18(16-17)26-14-15-27-20-19(22-7-8-23-20)24-11-9-21-10-12-24/h2,4-8,16,21H,1,3,9-15H2. The highest BCUT2D eigenvalue weighted by molar-refractivity contribution is 5.48. The van der Waals surface area contributed by atoms with Gasteiger partial charge in [-0.05, 0) is 18.6 Å². The fourth-order valence-electron chi connectivity index (χ4n) is 2.73. The Morgan fingerprint density at radius 2 is 1.70 bits per heavy atom. The van der Waals surface area contributed by atoms with Crippen LogP contribution in [0.5, 0.6) is 17.4 Å². The van der Waals surface area contributed by atoms with Crippen LogP contribution in [-0.2, 0) is 0 Å². The van der Waals surface area contributed by atoms with Crippen LogP contribution in [-0.4, -0.2) is 56.0 Å².